The smallest absolute Gasteiger partial charge is 0.251 e. The Kier molecular flexibility index (Phi) is 5.47. The first-order valence-electron chi connectivity index (χ1n) is 11.0. The molecule has 1 saturated heterocycles. The second-order valence-electron chi connectivity index (χ2n) is 9.25. The summed E-state index contributed by atoms with van der Waals surface area (Å²) in [6.07, 6.45) is 4.23. The predicted molar refractivity (Wildman–Crippen MR) is 134 cm³/mol. The van der Waals surface area contributed by atoms with Crippen LogP contribution in [-0.4, -0.2) is 41.6 Å². The van der Waals surface area contributed by atoms with Gasteiger partial charge in [-0.25, -0.2) is 4.39 Å². The summed E-state index contributed by atoms with van der Waals surface area (Å²) in [4.78, 5) is 17.7. The maximum Gasteiger partial charge on any atom is 0.251 e. The van der Waals surface area contributed by atoms with Crippen molar-refractivity contribution in [2.45, 2.75) is 25.8 Å². The van der Waals surface area contributed by atoms with Gasteiger partial charge in [0.05, 0.1) is 22.5 Å². The van der Waals surface area contributed by atoms with Gasteiger partial charge in [-0.1, -0.05) is 6.07 Å². The van der Waals surface area contributed by atoms with Gasteiger partial charge >= 0.3 is 0 Å². The highest BCUT2D eigenvalue weighted by Gasteiger charge is 2.39. The highest BCUT2D eigenvalue weighted by atomic mass is 32.3. The van der Waals surface area contributed by atoms with Gasteiger partial charge in [-0.2, -0.15) is 10.6 Å². The number of pyridine rings is 1. The lowest BCUT2D eigenvalue weighted by Gasteiger charge is -2.30. The van der Waals surface area contributed by atoms with E-state index in [1.807, 2.05) is 48.9 Å². The molecule has 1 amide bonds. The van der Waals surface area contributed by atoms with Crippen molar-refractivity contribution in [3.8, 4) is 16.9 Å². The van der Waals surface area contributed by atoms with Gasteiger partial charge in [-0.15, -0.1) is 0 Å². The minimum Gasteiger partial charge on any atom is -0.345 e. The summed E-state index contributed by atoms with van der Waals surface area (Å²) in [5.74, 6) is -0.146. The monoisotopic (exact) mass is 479 g/mol. The highest BCUT2D eigenvalue weighted by Crippen LogP contribution is 2.50. The van der Waals surface area contributed by atoms with Crippen molar-refractivity contribution in [1.82, 2.24) is 14.9 Å². The van der Waals surface area contributed by atoms with E-state index in [4.69, 9.17) is 0 Å². The minimum absolute atomic E-state index is 0.156. The van der Waals surface area contributed by atoms with E-state index in [1.165, 1.54) is 12.1 Å². The molecule has 2 aromatic carbocycles. The van der Waals surface area contributed by atoms with E-state index >= 15 is 0 Å². The zero-order valence-corrected chi connectivity index (χ0v) is 19.8. The molecule has 34 heavy (non-hydrogen) atoms. The Bertz CT molecular complexity index is 1400. The second-order valence-corrected chi connectivity index (χ2v) is 11.6. The molecule has 176 valence electrons. The summed E-state index contributed by atoms with van der Waals surface area (Å²) >= 11 is 0. The number of halogens is 1. The topological polar surface area (TPSA) is 87.4 Å². The third-order valence-electron chi connectivity index (χ3n) is 6.31. The molecule has 1 aliphatic rings. The van der Waals surface area contributed by atoms with Crippen LogP contribution in [0.2, 0.25) is 0 Å². The molecule has 4 aromatic rings. The quantitative estimate of drug-likeness (QED) is 0.346. The van der Waals surface area contributed by atoms with Crippen LogP contribution in [0.5, 0.6) is 0 Å². The van der Waals surface area contributed by atoms with E-state index in [-0.39, 0.29) is 17.5 Å². The molecular weight excluding hydrogens is 453 g/mol. The van der Waals surface area contributed by atoms with Crippen LogP contribution >= 0.6 is 10.6 Å². The van der Waals surface area contributed by atoms with E-state index in [0.29, 0.717) is 17.7 Å². The molecular formula is C26H26FN3O3S. The van der Waals surface area contributed by atoms with Crippen molar-refractivity contribution in [1.29, 1.82) is 0 Å². The molecule has 5 rings (SSSR count). The van der Waals surface area contributed by atoms with Crippen LogP contribution in [0.1, 0.15) is 29.3 Å². The van der Waals surface area contributed by atoms with Crippen LogP contribution in [0.3, 0.4) is 0 Å². The van der Waals surface area contributed by atoms with Crippen molar-refractivity contribution >= 4 is 27.4 Å². The van der Waals surface area contributed by atoms with Crippen molar-refractivity contribution in [2.24, 2.45) is 0 Å². The van der Waals surface area contributed by atoms with Crippen LogP contribution < -0.4 is 5.32 Å². The Labute approximate surface area is 198 Å². The third kappa shape index (κ3) is 4.32. The standard InChI is InChI=1S/C26H26FN3O3S/c1-17-9-11-28-23(13-17)22-15-30(20-6-4-19(27)5-7-20)24-14-18(3-8-21(22)24)25(31)29-26(2)10-12-34(32,33)16-26/h3-9,11,13-15,32-33H,10,12,16H2,1-2H3,(H,29,31). The number of fused-ring (bicyclic) bond motifs is 1. The molecule has 0 saturated carbocycles. The number of aromatic nitrogens is 2. The van der Waals surface area contributed by atoms with Gasteiger partial charge < -0.3 is 9.88 Å². The average Bonchev–Trinajstić information content (AvgIpc) is 3.30. The third-order valence-corrected chi connectivity index (χ3v) is 8.27. The van der Waals surface area contributed by atoms with Gasteiger partial charge in [0.15, 0.2) is 0 Å². The van der Waals surface area contributed by atoms with E-state index in [1.54, 1.807) is 24.4 Å². The number of aryl methyl sites for hydroxylation is 1. The van der Waals surface area contributed by atoms with Gasteiger partial charge in [0.2, 0.25) is 0 Å². The first-order chi connectivity index (χ1) is 16.1. The van der Waals surface area contributed by atoms with E-state index in [2.05, 4.69) is 10.3 Å². The summed E-state index contributed by atoms with van der Waals surface area (Å²) in [5, 5.41) is 3.91. The fourth-order valence-corrected chi connectivity index (χ4v) is 6.72. The van der Waals surface area contributed by atoms with Crippen LogP contribution in [0.4, 0.5) is 4.39 Å². The van der Waals surface area contributed by atoms with Gasteiger partial charge in [0.25, 0.3) is 5.91 Å². The van der Waals surface area contributed by atoms with Gasteiger partial charge in [0, 0.05) is 40.3 Å². The lowest BCUT2D eigenvalue weighted by atomic mass is 10.0. The summed E-state index contributed by atoms with van der Waals surface area (Å²) in [6.45, 7) is 3.85. The fourth-order valence-electron chi connectivity index (χ4n) is 4.56. The van der Waals surface area contributed by atoms with E-state index in [9.17, 15) is 18.3 Å². The molecule has 1 atom stereocenters. The molecule has 1 unspecified atom stereocenters. The van der Waals surface area contributed by atoms with Crippen molar-refractivity contribution < 1.29 is 18.3 Å². The van der Waals surface area contributed by atoms with Crippen molar-refractivity contribution in [3.05, 3.63) is 83.9 Å². The fraction of sp³-hybridized carbons (Fsp3) is 0.231. The van der Waals surface area contributed by atoms with Crippen LogP contribution in [0.25, 0.3) is 27.8 Å². The Morgan fingerprint density at radius 3 is 2.59 bits per heavy atom. The molecule has 8 heteroatoms. The largest absolute Gasteiger partial charge is 0.345 e. The Balaban J connectivity index is 1.59. The van der Waals surface area contributed by atoms with Crippen LogP contribution in [0.15, 0.2) is 67.0 Å². The van der Waals surface area contributed by atoms with Gasteiger partial charge in [-0.3, -0.25) is 18.9 Å². The second kappa shape index (κ2) is 8.23. The zero-order chi connectivity index (χ0) is 24.1. The van der Waals surface area contributed by atoms with Crippen LogP contribution in [-0.2, 0) is 0 Å². The number of amides is 1. The SMILES string of the molecule is Cc1ccnc(-c2cn(-c3ccc(F)cc3)c3cc(C(=O)NC4(C)CCS(O)(O)C4)ccc23)c1. The van der Waals surface area contributed by atoms with Gasteiger partial charge in [0.1, 0.15) is 5.82 Å². The highest BCUT2D eigenvalue weighted by molar-refractivity contribution is 8.24. The minimum atomic E-state index is -2.65. The van der Waals surface area contributed by atoms with Gasteiger partial charge in [-0.05, 0) is 74.4 Å². The number of carbonyl (C=O) groups excluding carboxylic acids is 1. The molecule has 6 nitrogen and oxygen atoms in total. The maximum atomic E-state index is 13.6. The summed E-state index contributed by atoms with van der Waals surface area (Å²) in [7, 11) is -2.65. The summed E-state index contributed by atoms with van der Waals surface area (Å²) < 4.78 is 35.5. The van der Waals surface area contributed by atoms with E-state index in [0.717, 1.165) is 33.4 Å². The number of rotatable bonds is 4. The number of benzene rings is 2. The molecule has 1 fully saturated rings. The lowest BCUT2D eigenvalue weighted by Crippen LogP contribution is -2.46. The first kappa shape index (κ1) is 22.6. The Morgan fingerprint density at radius 1 is 1.15 bits per heavy atom. The average molecular weight is 480 g/mol. The number of nitrogens with one attached hydrogen (secondary N) is 1. The van der Waals surface area contributed by atoms with Crippen LogP contribution in [0, 0.1) is 12.7 Å². The molecule has 0 aliphatic carbocycles. The first-order valence-corrected chi connectivity index (χ1v) is 12.9. The number of hydrogen-bond donors (Lipinski definition) is 3. The molecule has 1 aliphatic heterocycles. The molecule has 3 N–H and O–H groups in total. The van der Waals surface area contributed by atoms with Crippen molar-refractivity contribution in [3.63, 3.8) is 0 Å². The summed E-state index contributed by atoms with van der Waals surface area (Å²) in [5.41, 5.74) is 4.15. The Morgan fingerprint density at radius 2 is 1.91 bits per heavy atom. The number of nitrogens with zero attached hydrogens (tertiary/aromatic N) is 2. The molecule has 3 heterocycles. The number of carbonyl (C=O) groups is 1. The van der Waals surface area contributed by atoms with E-state index < -0.39 is 16.1 Å². The molecule has 2 aromatic heterocycles. The summed E-state index contributed by atoms with van der Waals surface area (Å²) in [6, 6.07) is 15.6. The lowest BCUT2D eigenvalue weighted by molar-refractivity contribution is 0.0915. The number of hydrogen-bond acceptors (Lipinski definition) is 4. The maximum absolute atomic E-state index is 13.6. The van der Waals surface area contributed by atoms with Crippen molar-refractivity contribution in [2.75, 3.05) is 11.5 Å². The predicted octanol–water partition coefficient (Wildman–Crippen LogP) is 5.78. The zero-order valence-electron chi connectivity index (χ0n) is 19.0. The normalized spacial score (nSPS) is 20.4. The molecule has 0 bridgehead atoms. The molecule has 0 radical (unpaired) electrons. The molecule has 0 spiro atoms. The Hall–Kier alpha value is -3.20.